The van der Waals surface area contributed by atoms with Gasteiger partial charge in [-0.05, 0) is 19.0 Å². The minimum Gasteiger partial charge on any atom is -0.355 e. The smallest absolute Gasteiger partial charge is 0.157 e. The van der Waals surface area contributed by atoms with Crippen LogP contribution in [0.4, 0.5) is 5.82 Å². The van der Waals surface area contributed by atoms with Crippen molar-refractivity contribution in [2.24, 2.45) is 0 Å². The molecule has 2 aromatic heterocycles. The Kier molecular flexibility index (Phi) is 2.46. The number of nitrogens with one attached hydrogen (secondary N) is 1. The fraction of sp³-hybridized carbons (Fsp3) is 0.455. The highest BCUT2D eigenvalue weighted by atomic mass is 15.3. The Bertz CT molecular complexity index is 470. The second-order valence-corrected chi connectivity index (χ2v) is 4.01. The van der Waals surface area contributed by atoms with E-state index in [0.29, 0.717) is 0 Å². The summed E-state index contributed by atoms with van der Waals surface area (Å²) in [5, 5.41) is 7.54. The molecule has 16 heavy (non-hydrogen) atoms. The second kappa shape index (κ2) is 4.09. The van der Waals surface area contributed by atoms with E-state index in [1.165, 1.54) is 6.42 Å². The topological polar surface area (TPSA) is 45.5 Å². The van der Waals surface area contributed by atoms with Gasteiger partial charge in [0.1, 0.15) is 5.82 Å². The number of hydrogen-bond donors (Lipinski definition) is 1. The summed E-state index contributed by atoms with van der Waals surface area (Å²) >= 11 is 0. The van der Waals surface area contributed by atoms with Crippen molar-refractivity contribution >= 4 is 11.5 Å². The number of nitrogens with zero attached hydrogens (tertiary/aromatic N) is 4. The Morgan fingerprint density at radius 1 is 1.19 bits per heavy atom. The summed E-state index contributed by atoms with van der Waals surface area (Å²) in [7, 11) is 0. The zero-order valence-corrected chi connectivity index (χ0v) is 9.13. The van der Waals surface area contributed by atoms with E-state index < -0.39 is 0 Å². The van der Waals surface area contributed by atoms with Crippen LogP contribution in [0.1, 0.15) is 6.42 Å². The molecule has 0 bridgehead atoms. The van der Waals surface area contributed by atoms with Crippen LogP contribution in [-0.4, -0.2) is 40.8 Å². The van der Waals surface area contributed by atoms with Crippen molar-refractivity contribution in [2.75, 3.05) is 31.1 Å². The summed E-state index contributed by atoms with van der Waals surface area (Å²) in [4.78, 5) is 6.93. The molecule has 1 N–H and O–H groups in total. The molecule has 5 nitrogen and oxygen atoms in total. The van der Waals surface area contributed by atoms with E-state index in [-0.39, 0.29) is 0 Å². The van der Waals surface area contributed by atoms with Gasteiger partial charge in [-0.1, -0.05) is 0 Å². The molecular formula is C11H15N5. The summed E-state index contributed by atoms with van der Waals surface area (Å²) in [6, 6.07) is 3.96. The standard InChI is InChI=1S/C11H15N5/c1-4-12-6-9-15(7-1)10-3-8-16-11(14-10)2-5-13-16/h2-3,5,8,12H,1,4,6-7,9H2. The first-order chi connectivity index (χ1) is 7.93. The first-order valence-corrected chi connectivity index (χ1v) is 5.69. The molecule has 0 aromatic carbocycles. The summed E-state index contributed by atoms with van der Waals surface area (Å²) in [6.07, 6.45) is 4.91. The first-order valence-electron chi connectivity index (χ1n) is 5.69. The van der Waals surface area contributed by atoms with Crippen molar-refractivity contribution in [1.82, 2.24) is 19.9 Å². The van der Waals surface area contributed by atoms with Crippen LogP contribution >= 0.6 is 0 Å². The lowest BCUT2D eigenvalue weighted by Gasteiger charge is -2.20. The van der Waals surface area contributed by atoms with E-state index >= 15 is 0 Å². The monoisotopic (exact) mass is 217 g/mol. The van der Waals surface area contributed by atoms with Crippen molar-refractivity contribution in [2.45, 2.75) is 6.42 Å². The molecule has 1 fully saturated rings. The molecule has 0 atom stereocenters. The van der Waals surface area contributed by atoms with E-state index in [4.69, 9.17) is 0 Å². The van der Waals surface area contributed by atoms with Crippen LogP contribution in [0.5, 0.6) is 0 Å². The molecule has 3 rings (SSSR count). The molecule has 0 amide bonds. The number of hydrogen-bond acceptors (Lipinski definition) is 4. The van der Waals surface area contributed by atoms with Crippen LogP contribution in [0.15, 0.2) is 24.5 Å². The van der Waals surface area contributed by atoms with Crippen molar-refractivity contribution in [3.8, 4) is 0 Å². The molecule has 1 aliphatic rings. The molecule has 5 heteroatoms. The Labute approximate surface area is 94.1 Å². The van der Waals surface area contributed by atoms with Crippen LogP contribution in [0, 0.1) is 0 Å². The summed E-state index contributed by atoms with van der Waals surface area (Å²) in [5.74, 6) is 1.05. The fourth-order valence-electron chi connectivity index (χ4n) is 2.05. The second-order valence-electron chi connectivity index (χ2n) is 4.01. The van der Waals surface area contributed by atoms with Gasteiger partial charge in [0.15, 0.2) is 5.65 Å². The molecule has 0 saturated carbocycles. The van der Waals surface area contributed by atoms with Crippen LogP contribution in [-0.2, 0) is 0 Å². The summed E-state index contributed by atoms with van der Waals surface area (Å²) < 4.78 is 1.79. The highest BCUT2D eigenvalue weighted by Gasteiger charge is 2.10. The third-order valence-corrected chi connectivity index (χ3v) is 2.91. The summed E-state index contributed by atoms with van der Waals surface area (Å²) in [5.41, 5.74) is 0.912. The van der Waals surface area contributed by atoms with Gasteiger partial charge in [0.05, 0.1) is 6.20 Å². The van der Waals surface area contributed by atoms with Crippen LogP contribution in [0.25, 0.3) is 5.65 Å². The highest BCUT2D eigenvalue weighted by molar-refractivity contribution is 5.47. The quantitative estimate of drug-likeness (QED) is 0.757. The number of fused-ring (bicyclic) bond motifs is 1. The van der Waals surface area contributed by atoms with Crippen molar-refractivity contribution < 1.29 is 0 Å². The maximum atomic E-state index is 4.60. The lowest BCUT2D eigenvalue weighted by Crippen LogP contribution is -2.28. The van der Waals surface area contributed by atoms with E-state index in [1.54, 1.807) is 10.7 Å². The molecule has 0 unspecified atom stereocenters. The van der Waals surface area contributed by atoms with Gasteiger partial charge in [0, 0.05) is 31.9 Å². The van der Waals surface area contributed by atoms with Crippen LogP contribution < -0.4 is 10.2 Å². The predicted molar refractivity (Wildman–Crippen MR) is 62.7 cm³/mol. The van der Waals surface area contributed by atoms with Gasteiger partial charge in [0.25, 0.3) is 0 Å². The van der Waals surface area contributed by atoms with E-state index in [0.717, 1.165) is 37.6 Å². The zero-order chi connectivity index (χ0) is 10.8. The molecule has 1 saturated heterocycles. The van der Waals surface area contributed by atoms with Gasteiger partial charge in [-0.3, -0.25) is 0 Å². The third kappa shape index (κ3) is 1.74. The fourth-order valence-corrected chi connectivity index (χ4v) is 2.05. The number of rotatable bonds is 1. The van der Waals surface area contributed by atoms with Crippen molar-refractivity contribution in [3.05, 3.63) is 24.5 Å². The Hall–Kier alpha value is -1.62. The molecule has 2 aromatic rings. The van der Waals surface area contributed by atoms with Crippen molar-refractivity contribution in [1.29, 1.82) is 0 Å². The molecule has 0 radical (unpaired) electrons. The molecule has 0 aliphatic carbocycles. The van der Waals surface area contributed by atoms with E-state index in [1.807, 2.05) is 18.3 Å². The van der Waals surface area contributed by atoms with Crippen LogP contribution in [0.3, 0.4) is 0 Å². The first kappa shape index (κ1) is 9.59. The molecule has 0 spiro atoms. The van der Waals surface area contributed by atoms with Crippen molar-refractivity contribution in [3.63, 3.8) is 0 Å². The highest BCUT2D eigenvalue weighted by Crippen LogP contribution is 2.12. The largest absolute Gasteiger partial charge is 0.355 e. The van der Waals surface area contributed by atoms with Gasteiger partial charge >= 0.3 is 0 Å². The number of anilines is 1. The maximum Gasteiger partial charge on any atom is 0.157 e. The van der Waals surface area contributed by atoms with Gasteiger partial charge in [0.2, 0.25) is 0 Å². The lowest BCUT2D eigenvalue weighted by molar-refractivity contribution is 0.724. The third-order valence-electron chi connectivity index (χ3n) is 2.91. The minimum atomic E-state index is 0.912. The molecule has 1 aliphatic heterocycles. The normalized spacial score (nSPS) is 17.6. The average Bonchev–Trinajstić information content (AvgIpc) is 2.61. The Balaban J connectivity index is 1.91. The molecular weight excluding hydrogens is 202 g/mol. The zero-order valence-electron chi connectivity index (χ0n) is 9.13. The number of aromatic nitrogens is 3. The molecule has 84 valence electrons. The van der Waals surface area contributed by atoms with E-state index in [2.05, 4.69) is 20.3 Å². The Morgan fingerprint density at radius 3 is 3.19 bits per heavy atom. The SMILES string of the molecule is c1cc2nc(N3CCCNCC3)ccn2n1. The maximum absolute atomic E-state index is 4.60. The minimum absolute atomic E-state index is 0.912. The molecule has 3 heterocycles. The average molecular weight is 217 g/mol. The summed E-state index contributed by atoms with van der Waals surface area (Å²) in [6.45, 7) is 4.24. The van der Waals surface area contributed by atoms with Gasteiger partial charge in [-0.2, -0.15) is 5.10 Å². The lowest BCUT2D eigenvalue weighted by atomic mass is 10.4. The van der Waals surface area contributed by atoms with E-state index in [9.17, 15) is 0 Å². The van der Waals surface area contributed by atoms with Gasteiger partial charge < -0.3 is 10.2 Å². The predicted octanol–water partition coefficient (Wildman–Crippen LogP) is 0.529. The van der Waals surface area contributed by atoms with Gasteiger partial charge in [-0.25, -0.2) is 9.50 Å². The Morgan fingerprint density at radius 2 is 2.19 bits per heavy atom. The van der Waals surface area contributed by atoms with Gasteiger partial charge in [-0.15, -0.1) is 0 Å². The van der Waals surface area contributed by atoms with Crippen LogP contribution in [0.2, 0.25) is 0 Å².